The van der Waals surface area contributed by atoms with E-state index in [2.05, 4.69) is 55.7 Å². The van der Waals surface area contributed by atoms with Crippen LogP contribution in [0.1, 0.15) is 0 Å². The Hall–Kier alpha value is -3.42. The number of fused-ring (bicyclic) bond motifs is 1. The molecule has 166 valence electrons. The minimum atomic E-state index is 0.410. The number of piperazine rings is 1. The van der Waals surface area contributed by atoms with E-state index in [9.17, 15) is 0 Å². The molecule has 2 heterocycles. The zero-order valence-corrected chi connectivity index (χ0v) is 19.5. The van der Waals surface area contributed by atoms with E-state index in [1.54, 1.807) is 0 Å². The Morgan fingerprint density at radius 2 is 1.52 bits per heavy atom. The fourth-order valence-electron chi connectivity index (χ4n) is 4.00. The zero-order valence-electron chi connectivity index (χ0n) is 17.9. The second-order valence-electron chi connectivity index (χ2n) is 7.79. The summed E-state index contributed by atoms with van der Waals surface area (Å²) in [6, 6.07) is 26.0. The summed E-state index contributed by atoms with van der Waals surface area (Å²) >= 11 is 11.6. The number of anilines is 4. The van der Waals surface area contributed by atoms with Gasteiger partial charge in [0, 0.05) is 48.0 Å². The van der Waals surface area contributed by atoms with E-state index >= 15 is 0 Å². The van der Waals surface area contributed by atoms with Crippen LogP contribution >= 0.6 is 23.8 Å². The summed E-state index contributed by atoms with van der Waals surface area (Å²) in [6.07, 6.45) is 0. The average molecular weight is 475 g/mol. The molecule has 1 saturated heterocycles. The quantitative estimate of drug-likeness (QED) is 0.383. The molecular weight excluding hydrogens is 452 g/mol. The van der Waals surface area contributed by atoms with Gasteiger partial charge in [0.05, 0.1) is 5.52 Å². The lowest BCUT2D eigenvalue weighted by Gasteiger charge is -2.37. The Bertz CT molecular complexity index is 1270. The number of para-hydroxylation sites is 2. The van der Waals surface area contributed by atoms with E-state index < -0.39 is 0 Å². The van der Waals surface area contributed by atoms with Crippen molar-refractivity contribution in [1.29, 1.82) is 0 Å². The SMILES string of the molecule is S=C(Nc1cccc(Cl)c1)Nc1nc(N2CCN(c3ccccc3)CC2)c2ccccc2n1. The molecule has 0 radical (unpaired) electrons. The highest BCUT2D eigenvalue weighted by atomic mass is 35.5. The Morgan fingerprint density at radius 3 is 2.30 bits per heavy atom. The number of hydrogen-bond donors (Lipinski definition) is 2. The topological polar surface area (TPSA) is 56.3 Å². The number of hydrogen-bond acceptors (Lipinski definition) is 5. The van der Waals surface area contributed by atoms with Gasteiger partial charge in [0.25, 0.3) is 0 Å². The molecule has 1 aromatic heterocycles. The third-order valence-electron chi connectivity index (χ3n) is 5.59. The van der Waals surface area contributed by atoms with Crippen LogP contribution in [0.2, 0.25) is 5.02 Å². The molecule has 1 fully saturated rings. The number of aromatic nitrogens is 2. The maximum atomic E-state index is 6.07. The first kappa shape index (κ1) is 21.4. The van der Waals surface area contributed by atoms with Gasteiger partial charge in [-0.15, -0.1) is 0 Å². The van der Waals surface area contributed by atoms with E-state index in [1.807, 2.05) is 48.5 Å². The summed E-state index contributed by atoms with van der Waals surface area (Å²) in [5.41, 5.74) is 2.93. The highest BCUT2D eigenvalue weighted by molar-refractivity contribution is 7.80. The van der Waals surface area contributed by atoms with Crippen LogP contribution < -0.4 is 20.4 Å². The third-order valence-corrected chi connectivity index (χ3v) is 6.03. The van der Waals surface area contributed by atoms with Crippen LogP contribution in [0.5, 0.6) is 0 Å². The van der Waals surface area contributed by atoms with Gasteiger partial charge in [0.2, 0.25) is 5.95 Å². The monoisotopic (exact) mass is 474 g/mol. The minimum absolute atomic E-state index is 0.410. The fraction of sp³-hybridized carbons (Fsp3) is 0.160. The summed E-state index contributed by atoms with van der Waals surface area (Å²) < 4.78 is 0. The van der Waals surface area contributed by atoms with Crippen molar-refractivity contribution in [1.82, 2.24) is 9.97 Å². The van der Waals surface area contributed by atoms with Gasteiger partial charge in [-0.1, -0.05) is 48.0 Å². The van der Waals surface area contributed by atoms with E-state index in [0.29, 0.717) is 16.1 Å². The van der Waals surface area contributed by atoms with Gasteiger partial charge in [0.1, 0.15) is 5.82 Å². The predicted molar refractivity (Wildman–Crippen MR) is 142 cm³/mol. The Morgan fingerprint density at radius 1 is 0.788 bits per heavy atom. The first-order chi connectivity index (χ1) is 16.2. The predicted octanol–water partition coefficient (Wildman–Crippen LogP) is 5.42. The van der Waals surface area contributed by atoms with Crippen LogP contribution in [-0.4, -0.2) is 41.3 Å². The molecular formula is C25H23ClN6S. The van der Waals surface area contributed by atoms with Crippen molar-refractivity contribution in [3.63, 3.8) is 0 Å². The van der Waals surface area contributed by atoms with Crippen LogP contribution in [0.3, 0.4) is 0 Å². The van der Waals surface area contributed by atoms with Crippen molar-refractivity contribution in [3.8, 4) is 0 Å². The van der Waals surface area contributed by atoms with Crippen molar-refractivity contribution in [2.75, 3.05) is 46.6 Å². The first-order valence-electron chi connectivity index (χ1n) is 10.8. The second kappa shape index (κ2) is 9.60. The van der Waals surface area contributed by atoms with Crippen molar-refractivity contribution < 1.29 is 0 Å². The Labute approximate surface area is 203 Å². The van der Waals surface area contributed by atoms with Crippen molar-refractivity contribution in [2.45, 2.75) is 0 Å². The zero-order chi connectivity index (χ0) is 22.6. The fourth-order valence-corrected chi connectivity index (χ4v) is 4.40. The number of halogens is 1. The maximum Gasteiger partial charge on any atom is 0.231 e. The standard InChI is InChI=1S/C25H23ClN6S/c26-18-7-6-8-19(17-18)27-25(33)30-24-28-22-12-5-4-11-21(22)23(29-24)32-15-13-31(14-16-32)20-9-2-1-3-10-20/h1-12,17H,13-16H2,(H2,27,28,29,30,33). The summed E-state index contributed by atoms with van der Waals surface area (Å²) in [7, 11) is 0. The molecule has 0 bridgehead atoms. The average Bonchev–Trinajstić information content (AvgIpc) is 2.84. The van der Waals surface area contributed by atoms with Crippen molar-refractivity contribution in [3.05, 3.63) is 83.9 Å². The van der Waals surface area contributed by atoms with Gasteiger partial charge in [-0.25, -0.2) is 4.98 Å². The van der Waals surface area contributed by atoms with Crippen LogP contribution in [0, 0.1) is 0 Å². The normalized spacial score (nSPS) is 13.7. The Balaban J connectivity index is 1.36. The minimum Gasteiger partial charge on any atom is -0.368 e. The van der Waals surface area contributed by atoms with Gasteiger partial charge >= 0.3 is 0 Å². The number of benzene rings is 3. The molecule has 3 aromatic carbocycles. The molecule has 8 heteroatoms. The summed E-state index contributed by atoms with van der Waals surface area (Å²) in [5, 5.41) is 8.35. The molecule has 6 nitrogen and oxygen atoms in total. The third kappa shape index (κ3) is 4.99. The molecule has 2 N–H and O–H groups in total. The highest BCUT2D eigenvalue weighted by Gasteiger charge is 2.21. The van der Waals surface area contributed by atoms with E-state index in [-0.39, 0.29) is 0 Å². The summed E-state index contributed by atoms with van der Waals surface area (Å²) in [5.74, 6) is 1.38. The smallest absolute Gasteiger partial charge is 0.231 e. The lowest BCUT2D eigenvalue weighted by Crippen LogP contribution is -2.47. The summed E-state index contributed by atoms with van der Waals surface area (Å²) in [4.78, 5) is 14.3. The Kier molecular flexibility index (Phi) is 6.24. The molecule has 5 rings (SSSR count). The van der Waals surface area contributed by atoms with E-state index in [1.165, 1.54) is 5.69 Å². The van der Waals surface area contributed by atoms with Gasteiger partial charge < -0.3 is 20.4 Å². The maximum absolute atomic E-state index is 6.07. The second-order valence-corrected chi connectivity index (χ2v) is 8.63. The highest BCUT2D eigenvalue weighted by Crippen LogP contribution is 2.27. The molecule has 4 aromatic rings. The molecule has 0 unspecified atom stereocenters. The molecule has 0 spiro atoms. The van der Waals surface area contributed by atoms with Gasteiger partial charge in [-0.2, -0.15) is 4.98 Å². The lowest BCUT2D eigenvalue weighted by atomic mass is 10.2. The number of rotatable bonds is 4. The number of nitrogens with one attached hydrogen (secondary N) is 2. The molecule has 33 heavy (non-hydrogen) atoms. The van der Waals surface area contributed by atoms with E-state index in [0.717, 1.165) is 48.6 Å². The first-order valence-corrected chi connectivity index (χ1v) is 11.6. The molecule has 0 saturated carbocycles. The van der Waals surface area contributed by atoms with Gasteiger partial charge in [0.15, 0.2) is 5.11 Å². The molecule has 0 amide bonds. The lowest BCUT2D eigenvalue weighted by molar-refractivity contribution is 0.649. The molecule has 0 atom stereocenters. The van der Waals surface area contributed by atoms with Crippen LogP contribution in [-0.2, 0) is 0 Å². The number of thiocarbonyl (C=S) groups is 1. The van der Waals surface area contributed by atoms with Crippen LogP contribution in [0.15, 0.2) is 78.9 Å². The van der Waals surface area contributed by atoms with Crippen LogP contribution in [0.25, 0.3) is 10.9 Å². The van der Waals surface area contributed by atoms with Crippen molar-refractivity contribution in [2.24, 2.45) is 0 Å². The molecule has 0 aliphatic carbocycles. The molecule has 1 aliphatic rings. The van der Waals surface area contributed by atoms with Crippen molar-refractivity contribution >= 4 is 63.0 Å². The largest absolute Gasteiger partial charge is 0.368 e. The van der Waals surface area contributed by atoms with Gasteiger partial charge in [-0.05, 0) is 54.7 Å². The van der Waals surface area contributed by atoms with Gasteiger partial charge in [-0.3, -0.25) is 0 Å². The summed E-state index contributed by atoms with van der Waals surface area (Å²) in [6.45, 7) is 3.61. The molecule has 1 aliphatic heterocycles. The van der Waals surface area contributed by atoms with E-state index in [4.69, 9.17) is 28.8 Å². The van der Waals surface area contributed by atoms with Crippen LogP contribution in [0.4, 0.5) is 23.1 Å². The number of nitrogens with zero attached hydrogens (tertiary/aromatic N) is 4.